The van der Waals surface area contributed by atoms with Gasteiger partial charge in [0.15, 0.2) is 22.8 Å². The van der Waals surface area contributed by atoms with E-state index in [1.807, 2.05) is 0 Å². The van der Waals surface area contributed by atoms with Crippen LogP contribution in [0, 0.1) is 0 Å². The lowest BCUT2D eigenvalue weighted by Crippen LogP contribution is -2.78. The maximum atomic E-state index is 5.52. The van der Waals surface area contributed by atoms with E-state index in [9.17, 15) is 0 Å². The monoisotopic (exact) mass is 649 g/mol. The Morgan fingerprint density at radius 3 is 1.49 bits per heavy atom. The van der Waals surface area contributed by atoms with Gasteiger partial charge in [-0.2, -0.15) is 0 Å². The normalized spacial score (nSPS) is 17.6. The van der Waals surface area contributed by atoms with Gasteiger partial charge < -0.3 is 13.4 Å². The molecule has 8 aromatic rings. The fraction of sp³-hybridized carbons (Fsp3) is 0. The summed E-state index contributed by atoms with van der Waals surface area (Å²) in [5, 5.41) is 2.38. The smallest absolute Gasteiger partial charge is 0.429 e. The van der Waals surface area contributed by atoms with Crippen molar-refractivity contribution in [2.45, 2.75) is 0 Å². The minimum atomic E-state index is -1.89. The van der Waals surface area contributed by atoms with Gasteiger partial charge in [-0.05, 0) is 53.1 Å². The van der Waals surface area contributed by atoms with Gasteiger partial charge in [-0.25, -0.2) is 9.97 Å². The van der Waals surface area contributed by atoms with Crippen LogP contribution < -0.4 is 16.2 Å². The van der Waals surface area contributed by atoms with Crippen molar-refractivity contribution in [1.29, 1.82) is 0 Å². The molecule has 0 saturated heterocycles. The van der Waals surface area contributed by atoms with Crippen molar-refractivity contribution >= 4 is 51.2 Å². The van der Waals surface area contributed by atoms with Crippen LogP contribution in [0.4, 0.5) is 0 Å². The molecular formula is C45H28BN5. The highest BCUT2D eigenvalue weighted by atomic mass is 15.3. The van der Waals surface area contributed by atoms with E-state index in [1.165, 1.54) is 38.7 Å². The SMILES string of the molecule is c1ccc(C2=C3c4nc5ccccc5nc4C4=[N+]3[B-]3(c5ccccc5)n5c2ccc5C(c2ccccc2)=c2ccc(n23)=C4c2ccccc2)cc1. The van der Waals surface area contributed by atoms with E-state index in [0.717, 1.165) is 56.1 Å². The summed E-state index contributed by atoms with van der Waals surface area (Å²) >= 11 is 0. The summed E-state index contributed by atoms with van der Waals surface area (Å²) in [4.78, 5) is 11.0. The minimum Gasteiger partial charge on any atom is -0.429 e. The zero-order valence-electron chi connectivity index (χ0n) is 27.5. The zero-order valence-corrected chi connectivity index (χ0v) is 27.5. The molecule has 5 aromatic carbocycles. The second kappa shape index (κ2) is 9.68. The summed E-state index contributed by atoms with van der Waals surface area (Å²) in [5.41, 5.74) is 16.5. The van der Waals surface area contributed by atoms with E-state index in [4.69, 9.17) is 9.97 Å². The van der Waals surface area contributed by atoms with Crippen LogP contribution in [0.1, 0.15) is 39.5 Å². The van der Waals surface area contributed by atoms with Crippen molar-refractivity contribution in [2.24, 2.45) is 0 Å². The van der Waals surface area contributed by atoms with Gasteiger partial charge >= 0.3 is 6.55 Å². The number of aromatic nitrogens is 4. The molecule has 5 nitrogen and oxygen atoms in total. The third kappa shape index (κ3) is 3.25. The van der Waals surface area contributed by atoms with Crippen LogP contribution in [0.3, 0.4) is 0 Å². The molecule has 3 aromatic heterocycles. The standard InChI is InChI=1S/C45H28BN5/c1-5-15-29(16-6-1)39-35-25-27-37-40(30-17-7-2-8-18-30)44-42-43(48-34-24-14-13-23-33(34)47-42)45-41(31-19-9-3-10-20-31)38-28-26-36(39)50(38)46(49(35)37,51(44)45)32-21-11-4-12-22-32/h1-28H. The van der Waals surface area contributed by atoms with E-state index >= 15 is 0 Å². The second-order valence-electron chi connectivity index (χ2n) is 13.8. The Kier molecular flexibility index (Phi) is 5.14. The van der Waals surface area contributed by atoms with Crippen molar-refractivity contribution in [1.82, 2.24) is 18.9 Å². The number of hydrogen-bond acceptors (Lipinski definition) is 2. The number of nitrogens with zero attached hydrogens (tertiary/aromatic N) is 5. The lowest BCUT2D eigenvalue weighted by molar-refractivity contribution is -0.289. The molecule has 0 N–H and O–H groups in total. The average molecular weight is 650 g/mol. The van der Waals surface area contributed by atoms with Gasteiger partial charge in [0.25, 0.3) is 0 Å². The van der Waals surface area contributed by atoms with E-state index < -0.39 is 6.55 Å². The Bertz CT molecular complexity index is 2990. The lowest BCUT2D eigenvalue weighted by Gasteiger charge is -2.50. The highest BCUT2D eigenvalue weighted by Gasteiger charge is 2.61. The molecule has 0 aliphatic carbocycles. The van der Waals surface area contributed by atoms with Gasteiger partial charge in [-0.1, -0.05) is 139 Å². The van der Waals surface area contributed by atoms with Crippen LogP contribution >= 0.6 is 0 Å². The fourth-order valence-corrected chi connectivity index (χ4v) is 9.55. The summed E-state index contributed by atoms with van der Waals surface area (Å²) < 4.78 is 7.97. The van der Waals surface area contributed by atoms with E-state index in [0.29, 0.717) is 0 Å². The molecular weight excluding hydrogens is 621 g/mol. The van der Waals surface area contributed by atoms with Gasteiger partial charge in [-0.3, -0.25) is 0 Å². The minimum absolute atomic E-state index is 0.893. The van der Waals surface area contributed by atoms with Crippen molar-refractivity contribution in [2.75, 3.05) is 0 Å². The van der Waals surface area contributed by atoms with Crippen LogP contribution in [0.5, 0.6) is 0 Å². The molecule has 1 atom stereocenters. The number of fused-ring (bicyclic) bond motifs is 4. The predicted octanol–water partition coefficient (Wildman–Crippen LogP) is 5.99. The molecule has 4 aliphatic heterocycles. The number of benzene rings is 5. The van der Waals surface area contributed by atoms with E-state index in [1.54, 1.807) is 0 Å². The summed E-state index contributed by atoms with van der Waals surface area (Å²) in [7, 11) is 0. The summed E-state index contributed by atoms with van der Waals surface area (Å²) in [6.45, 7) is -1.89. The van der Waals surface area contributed by atoms with Crippen LogP contribution in [0.15, 0.2) is 170 Å². The van der Waals surface area contributed by atoms with Crippen molar-refractivity contribution < 1.29 is 4.49 Å². The topological polar surface area (TPSA) is 38.6 Å². The third-order valence-electron chi connectivity index (χ3n) is 11.3. The van der Waals surface area contributed by atoms with Gasteiger partial charge in [0.1, 0.15) is 0 Å². The first-order valence-electron chi connectivity index (χ1n) is 17.6. The summed E-state index contributed by atoms with van der Waals surface area (Å²) in [5.74, 6) is 0. The van der Waals surface area contributed by atoms with Gasteiger partial charge in [-0.15, -0.1) is 0 Å². The number of hydrogen-bond donors (Lipinski definition) is 0. The zero-order chi connectivity index (χ0) is 33.3. The molecule has 7 heterocycles. The van der Waals surface area contributed by atoms with Crippen molar-refractivity contribution in [3.63, 3.8) is 0 Å². The summed E-state index contributed by atoms with van der Waals surface area (Å²) in [6.07, 6.45) is 0. The maximum Gasteiger partial charge on any atom is 0.514 e. The predicted molar refractivity (Wildman–Crippen MR) is 204 cm³/mol. The highest BCUT2D eigenvalue weighted by Crippen LogP contribution is 2.49. The highest BCUT2D eigenvalue weighted by molar-refractivity contribution is 6.85. The molecule has 0 fully saturated rings. The first-order valence-corrected chi connectivity index (χ1v) is 17.6. The van der Waals surface area contributed by atoms with E-state index in [-0.39, 0.29) is 0 Å². The fourth-order valence-electron chi connectivity index (χ4n) is 9.55. The first kappa shape index (κ1) is 27.1. The molecule has 0 saturated carbocycles. The first-order chi connectivity index (χ1) is 25.3. The van der Waals surface area contributed by atoms with Crippen LogP contribution in [0.2, 0.25) is 0 Å². The lowest BCUT2D eigenvalue weighted by atomic mass is 9.47. The Labute approximate surface area is 293 Å². The average Bonchev–Trinajstić information content (AvgIpc) is 3.93. The maximum absolute atomic E-state index is 5.52. The van der Waals surface area contributed by atoms with Crippen molar-refractivity contribution in [3.8, 4) is 0 Å². The molecule has 0 spiro atoms. The van der Waals surface area contributed by atoms with Gasteiger partial charge in [0.2, 0.25) is 0 Å². The van der Waals surface area contributed by atoms with E-state index in [2.05, 4.69) is 183 Å². The quantitative estimate of drug-likeness (QED) is 0.220. The van der Waals surface area contributed by atoms with Gasteiger partial charge in [0.05, 0.1) is 22.2 Å². The number of para-hydroxylation sites is 2. The number of rotatable bonds is 4. The van der Waals surface area contributed by atoms with Gasteiger partial charge in [0, 0.05) is 27.7 Å². The molecule has 6 heteroatoms. The molecule has 1 unspecified atom stereocenters. The summed E-state index contributed by atoms with van der Waals surface area (Å²) in [6, 6.07) is 61.3. The molecule has 236 valence electrons. The second-order valence-corrected chi connectivity index (χ2v) is 13.8. The largest absolute Gasteiger partial charge is 0.514 e. The molecule has 4 aliphatic rings. The third-order valence-corrected chi connectivity index (χ3v) is 11.3. The van der Waals surface area contributed by atoms with Crippen LogP contribution in [-0.2, 0) is 0 Å². The Hall–Kier alpha value is -6.79. The molecule has 0 amide bonds. The Balaban J connectivity index is 1.40. The Morgan fingerprint density at radius 2 is 0.882 bits per heavy atom. The van der Waals surface area contributed by atoms with Crippen LogP contribution in [-0.4, -0.2) is 35.7 Å². The molecule has 51 heavy (non-hydrogen) atoms. The Morgan fingerprint density at radius 1 is 0.412 bits per heavy atom. The molecule has 0 bridgehead atoms. The molecule has 0 radical (unpaired) electrons. The van der Waals surface area contributed by atoms with Crippen molar-refractivity contribution in [3.05, 3.63) is 220 Å². The molecule has 12 rings (SSSR count). The van der Waals surface area contributed by atoms with Crippen LogP contribution in [0.25, 0.3) is 33.4 Å².